The first kappa shape index (κ1) is 32.4. The smallest absolute Gasteiger partial charge is 0.186 e. The molecule has 0 spiro atoms. The maximum atomic E-state index is 11.6. The fourth-order valence-electron chi connectivity index (χ4n) is 14.8. The molecule has 7 aliphatic rings. The minimum atomic E-state index is -0.680. The summed E-state index contributed by atoms with van der Waals surface area (Å²) in [6.45, 7) is 22.5. The second kappa shape index (κ2) is 10.4. The summed E-state index contributed by atoms with van der Waals surface area (Å²) in [7, 11) is 1.65. The lowest BCUT2D eigenvalue weighted by Crippen LogP contribution is -2.65. The molecule has 5 heteroatoms. The van der Waals surface area contributed by atoms with Crippen LogP contribution in [0, 0.1) is 62.6 Å². The summed E-state index contributed by atoms with van der Waals surface area (Å²) < 4.78 is 24.2. The second-order valence-electron chi connectivity index (χ2n) is 19.4. The lowest BCUT2D eigenvalue weighted by atomic mass is 9.32. The van der Waals surface area contributed by atoms with Crippen LogP contribution in [0.1, 0.15) is 139 Å². The molecule has 0 aromatic carbocycles. The molecule has 252 valence electrons. The van der Waals surface area contributed by atoms with Crippen molar-refractivity contribution in [2.75, 3.05) is 7.11 Å². The highest BCUT2D eigenvalue weighted by Gasteiger charge is 2.70. The Bertz CT molecular complexity index is 1100. The molecule has 44 heavy (non-hydrogen) atoms. The minimum absolute atomic E-state index is 0.288. The maximum absolute atomic E-state index is 11.6. The van der Waals surface area contributed by atoms with Crippen molar-refractivity contribution in [1.82, 2.24) is 0 Å². The lowest BCUT2D eigenvalue weighted by Gasteiger charge is -2.73. The zero-order chi connectivity index (χ0) is 31.7. The molecule has 0 radical (unpaired) electrons. The number of aliphatic hydroxyl groups is 1. The van der Waals surface area contributed by atoms with Crippen LogP contribution < -0.4 is 0 Å². The van der Waals surface area contributed by atoms with Crippen molar-refractivity contribution in [3.63, 3.8) is 0 Å². The van der Waals surface area contributed by atoms with Gasteiger partial charge in [0.1, 0.15) is 18.3 Å². The number of hydrogen-bond acceptors (Lipinski definition) is 5. The first-order chi connectivity index (χ1) is 20.5. The van der Waals surface area contributed by atoms with Crippen LogP contribution >= 0.6 is 0 Å². The van der Waals surface area contributed by atoms with Gasteiger partial charge in [-0.25, -0.2) is 0 Å². The first-order valence-electron chi connectivity index (χ1n) is 18.7. The predicted molar refractivity (Wildman–Crippen MR) is 174 cm³/mol. The molecule has 1 N–H and O–H groups in total. The molecule has 2 heterocycles. The highest BCUT2D eigenvalue weighted by Crippen LogP contribution is 2.78. The molecule has 0 aromatic rings. The molecule has 0 aromatic heterocycles. The second-order valence-corrected chi connectivity index (χ2v) is 19.4. The molecule has 15 atom stereocenters. The van der Waals surface area contributed by atoms with E-state index >= 15 is 0 Å². The van der Waals surface area contributed by atoms with Crippen LogP contribution in [0.15, 0.2) is 0 Å². The van der Waals surface area contributed by atoms with Crippen LogP contribution in [0.4, 0.5) is 0 Å². The summed E-state index contributed by atoms with van der Waals surface area (Å²) in [5.41, 5.74) is 2.31. The number of aliphatic hydroxyl groups excluding tert-OH is 1. The van der Waals surface area contributed by atoms with Gasteiger partial charge in [0, 0.05) is 7.11 Å². The Hall–Kier alpha value is -0.200. The van der Waals surface area contributed by atoms with E-state index in [0.29, 0.717) is 38.9 Å². The van der Waals surface area contributed by atoms with Gasteiger partial charge >= 0.3 is 0 Å². The van der Waals surface area contributed by atoms with Gasteiger partial charge in [-0.1, -0.05) is 54.9 Å². The zero-order valence-corrected chi connectivity index (χ0v) is 29.9. The van der Waals surface area contributed by atoms with Gasteiger partial charge in [-0.15, -0.1) is 0 Å². The molecule has 7 rings (SSSR count). The highest BCUT2D eigenvalue weighted by molar-refractivity contribution is 5.19. The van der Waals surface area contributed by atoms with Crippen molar-refractivity contribution < 1.29 is 24.1 Å². The van der Waals surface area contributed by atoms with Crippen molar-refractivity contribution in [3.8, 4) is 0 Å². The van der Waals surface area contributed by atoms with E-state index in [1.165, 1.54) is 70.6 Å². The third-order valence-corrected chi connectivity index (χ3v) is 16.8. The summed E-state index contributed by atoms with van der Waals surface area (Å²) in [6, 6.07) is 0. The molecular formula is C39H66O5. The number of fused-ring (bicyclic) bond motifs is 8. The molecule has 0 amide bonds. The van der Waals surface area contributed by atoms with Crippen LogP contribution in [-0.2, 0) is 18.9 Å². The van der Waals surface area contributed by atoms with Gasteiger partial charge in [0.05, 0.1) is 6.10 Å². The summed E-state index contributed by atoms with van der Waals surface area (Å²) in [5, 5.41) is 11.6. The van der Waals surface area contributed by atoms with Gasteiger partial charge in [0.15, 0.2) is 12.1 Å². The van der Waals surface area contributed by atoms with Crippen molar-refractivity contribution >= 4 is 0 Å². The molecular weight excluding hydrogens is 548 g/mol. The summed E-state index contributed by atoms with van der Waals surface area (Å²) in [6.07, 6.45) is 14.2. The lowest BCUT2D eigenvalue weighted by molar-refractivity contribution is -0.242. The van der Waals surface area contributed by atoms with E-state index in [4.69, 9.17) is 18.9 Å². The maximum Gasteiger partial charge on any atom is 0.186 e. The van der Waals surface area contributed by atoms with Crippen molar-refractivity contribution in [2.45, 2.75) is 176 Å². The van der Waals surface area contributed by atoms with Gasteiger partial charge in [-0.3, -0.25) is 0 Å². The average molecular weight is 615 g/mol. The van der Waals surface area contributed by atoms with Crippen molar-refractivity contribution in [2.24, 2.45) is 62.6 Å². The largest absolute Gasteiger partial charge is 0.390 e. The zero-order valence-electron chi connectivity index (χ0n) is 29.9. The minimum Gasteiger partial charge on any atom is -0.390 e. The molecule has 0 unspecified atom stereocenters. The van der Waals surface area contributed by atoms with Gasteiger partial charge in [0.2, 0.25) is 0 Å². The number of methoxy groups -OCH3 is 1. The van der Waals surface area contributed by atoms with E-state index in [-0.39, 0.29) is 12.2 Å². The number of ether oxygens (including phenoxy) is 4. The van der Waals surface area contributed by atoms with Crippen LogP contribution in [0.5, 0.6) is 0 Å². The monoisotopic (exact) mass is 614 g/mol. The van der Waals surface area contributed by atoms with E-state index in [1.54, 1.807) is 7.11 Å². The summed E-state index contributed by atoms with van der Waals surface area (Å²) in [5.74, 6) is 3.79. The van der Waals surface area contributed by atoms with Crippen molar-refractivity contribution in [1.29, 1.82) is 0 Å². The molecule has 2 saturated heterocycles. The summed E-state index contributed by atoms with van der Waals surface area (Å²) >= 11 is 0. The standard InChI is InChI=1S/C39H66O5/c1-23(22-26(40)30-31-32(33(41-10)42-30)44-35(4,5)43-31)24-14-19-36(6)25(24)15-20-38(8)28(36)12-13-29-37(7)18-11-17-34(2,3)27(37)16-21-39(29,38)9/h23-33,40H,11-22H2,1-10H3/t23-,24-,25+,26-,27+,28-,29-,30-,31-,32-,33-,36+,37+,38-,39-/m1/s1. The van der Waals surface area contributed by atoms with Crippen LogP contribution in [0.25, 0.3) is 0 Å². The molecule has 5 nitrogen and oxygen atoms in total. The van der Waals surface area contributed by atoms with E-state index in [1.807, 2.05) is 13.8 Å². The molecule has 7 fully saturated rings. The number of rotatable bonds is 5. The Balaban J connectivity index is 1.08. The quantitative estimate of drug-likeness (QED) is 0.336. The molecule has 5 saturated carbocycles. The summed E-state index contributed by atoms with van der Waals surface area (Å²) in [4.78, 5) is 0. The Morgan fingerprint density at radius 3 is 2.05 bits per heavy atom. The van der Waals surface area contributed by atoms with E-state index < -0.39 is 24.3 Å². The first-order valence-corrected chi connectivity index (χ1v) is 18.7. The van der Waals surface area contributed by atoms with Crippen LogP contribution in [0.3, 0.4) is 0 Å². The Morgan fingerprint density at radius 2 is 1.36 bits per heavy atom. The van der Waals surface area contributed by atoms with Crippen molar-refractivity contribution in [3.05, 3.63) is 0 Å². The highest BCUT2D eigenvalue weighted by atomic mass is 16.8. The third-order valence-electron chi connectivity index (χ3n) is 16.8. The molecule has 2 aliphatic heterocycles. The fourth-order valence-corrected chi connectivity index (χ4v) is 14.8. The van der Waals surface area contributed by atoms with E-state index in [9.17, 15) is 5.11 Å². The van der Waals surface area contributed by atoms with Gasteiger partial charge in [-0.05, 0) is 147 Å². The SMILES string of the molecule is CO[C@@H]1O[C@H]([C@H](O)C[C@@H](C)[C@H]2CC[C@]3(C)[C@H]4CC[C@@H]5[C@@]6(C)CCCC(C)(C)[C@@H]6CC[C@@]5(C)[C@]4(C)CC[C@@H]23)[C@H]2OC(C)(C)O[C@@H]12. The van der Waals surface area contributed by atoms with Crippen LogP contribution in [-0.4, -0.2) is 48.7 Å². The molecule has 5 aliphatic carbocycles. The number of hydrogen-bond donors (Lipinski definition) is 1. The average Bonchev–Trinajstić information content (AvgIpc) is 3.55. The van der Waals surface area contributed by atoms with Crippen LogP contribution in [0.2, 0.25) is 0 Å². The fraction of sp³-hybridized carbons (Fsp3) is 1.00. The van der Waals surface area contributed by atoms with E-state index in [2.05, 4.69) is 48.5 Å². The van der Waals surface area contributed by atoms with E-state index in [0.717, 1.165) is 30.1 Å². The van der Waals surface area contributed by atoms with Gasteiger partial charge in [-0.2, -0.15) is 0 Å². The van der Waals surface area contributed by atoms with Gasteiger partial charge < -0.3 is 24.1 Å². The van der Waals surface area contributed by atoms with Gasteiger partial charge in [0.25, 0.3) is 0 Å². The Labute approximate surface area is 269 Å². The topological polar surface area (TPSA) is 57.2 Å². The third kappa shape index (κ3) is 4.40. The Kier molecular flexibility index (Phi) is 7.65. The predicted octanol–water partition coefficient (Wildman–Crippen LogP) is 8.76. The normalized spacial score (nSPS) is 55.3. The Morgan fingerprint density at radius 1 is 0.727 bits per heavy atom. The molecule has 0 bridgehead atoms.